The lowest BCUT2D eigenvalue weighted by atomic mass is 10.4. The number of carbonyl (C=O) groups is 2. The maximum atomic E-state index is 12.2. The maximum absolute atomic E-state index is 12.2. The van der Waals surface area contributed by atoms with Crippen LogP contribution in [0.2, 0.25) is 0 Å². The van der Waals surface area contributed by atoms with Crippen LogP contribution in [0.5, 0.6) is 0 Å². The number of ether oxygens (including phenoxy) is 1. The van der Waals surface area contributed by atoms with Gasteiger partial charge < -0.3 is 20.1 Å². The van der Waals surface area contributed by atoms with Crippen LogP contribution in [0.15, 0.2) is 0 Å². The summed E-state index contributed by atoms with van der Waals surface area (Å²) in [6, 6.07) is -1.06. The van der Waals surface area contributed by atoms with E-state index >= 15 is 0 Å². The minimum absolute atomic E-state index is 0.118. The van der Waals surface area contributed by atoms with Gasteiger partial charge in [-0.3, -0.25) is 4.79 Å². The highest BCUT2D eigenvalue weighted by Gasteiger charge is 2.33. The lowest BCUT2D eigenvalue weighted by Gasteiger charge is -2.22. The molecule has 0 aliphatic carbocycles. The molecule has 0 spiro atoms. The van der Waals surface area contributed by atoms with Crippen LogP contribution in [-0.4, -0.2) is 61.0 Å². The summed E-state index contributed by atoms with van der Waals surface area (Å²) in [5.74, 6) is -1.51. The second-order valence-corrected chi connectivity index (χ2v) is 3.65. The Bertz CT molecular complexity index is 297. The molecule has 0 aromatic heterocycles. The second kappa shape index (κ2) is 8.57. The van der Waals surface area contributed by atoms with Crippen molar-refractivity contribution in [2.24, 2.45) is 0 Å². The number of carboxylic acid groups (broad SMARTS) is 1. The van der Waals surface area contributed by atoms with Gasteiger partial charge in [0.1, 0.15) is 13.1 Å². The third-order valence-electron chi connectivity index (χ3n) is 1.93. The molecule has 0 bridgehead atoms. The van der Waals surface area contributed by atoms with E-state index in [2.05, 4.69) is 5.32 Å². The molecule has 0 rings (SSSR count). The number of urea groups is 1. The quantitative estimate of drug-likeness (QED) is 0.654. The summed E-state index contributed by atoms with van der Waals surface area (Å²) in [6.07, 6.45) is -4.20. The number of hydrogen-bond acceptors (Lipinski definition) is 3. The van der Waals surface area contributed by atoms with Crippen LogP contribution in [0.4, 0.5) is 18.0 Å². The van der Waals surface area contributed by atoms with E-state index in [1.54, 1.807) is 6.92 Å². The van der Waals surface area contributed by atoms with Crippen molar-refractivity contribution in [3.05, 3.63) is 0 Å². The average Bonchev–Trinajstić information content (AvgIpc) is 2.25. The molecule has 0 aliphatic rings. The van der Waals surface area contributed by atoms with Crippen LogP contribution in [0.3, 0.4) is 0 Å². The Balaban J connectivity index is 4.19. The number of halogens is 3. The number of nitrogens with zero attached hydrogens (tertiary/aromatic N) is 1. The average molecular weight is 286 g/mol. The molecular weight excluding hydrogens is 269 g/mol. The number of rotatable bonds is 8. The summed E-state index contributed by atoms with van der Waals surface area (Å²) in [7, 11) is 0. The van der Waals surface area contributed by atoms with Gasteiger partial charge in [-0.2, -0.15) is 13.2 Å². The third kappa shape index (κ3) is 10.1. The standard InChI is InChI=1S/C10H17F3N2O4/c1-2-19-5-3-4-14-9(18)15(6-8(16)17)7-10(11,12)13/h2-7H2,1H3,(H,14,18)(H,16,17). The normalized spacial score (nSPS) is 11.2. The molecular formula is C10H17F3N2O4. The van der Waals surface area contributed by atoms with E-state index in [1.807, 2.05) is 0 Å². The van der Waals surface area contributed by atoms with Gasteiger partial charge in [0.2, 0.25) is 0 Å². The molecule has 2 N–H and O–H groups in total. The zero-order chi connectivity index (χ0) is 14.9. The third-order valence-corrected chi connectivity index (χ3v) is 1.93. The van der Waals surface area contributed by atoms with Crippen molar-refractivity contribution in [1.29, 1.82) is 0 Å². The fraction of sp³-hybridized carbons (Fsp3) is 0.800. The number of amides is 2. The minimum Gasteiger partial charge on any atom is -0.480 e. The smallest absolute Gasteiger partial charge is 0.406 e. The number of carbonyl (C=O) groups excluding carboxylic acids is 1. The van der Waals surface area contributed by atoms with E-state index in [-0.39, 0.29) is 11.4 Å². The van der Waals surface area contributed by atoms with E-state index in [0.29, 0.717) is 19.6 Å². The van der Waals surface area contributed by atoms with Gasteiger partial charge in [0.05, 0.1) is 0 Å². The van der Waals surface area contributed by atoms with Crippen molar-refractivity contribution < 1.29 is 32.6 Å². The molecule has 0 saturated carbocycles. The van der Waals surface area contributed by atoms with Gasteiger partial charge in [-0.05, 0) is 13.3 Å². The monoisotopic (exact) mass is 286 g/mol. The molecule has 0 saturated heterocycles. The summed E-state index contributed by atoms with van der Waals surface area (Å²) in [5, 5.41) is 10.7. The Hall–Kier alpha value is -1.51. The predicted octanol–water partition coefficient (Wildman–Crippen LogP) is 1.07. The van der Waals surface area contributed by atoms with Crippen LogP contribution >= 0.6 is 0 Å². The first-order chi connectivity index (χ1) is 8.76. The molecule has 19 heavy (non-hydrogen) atoms. The Morgan fingerprint density at radius 1 is 1.37 bits per heavy atom. The van der Waals surface area contributed by atoms with E-state index in [9.17, 15) is 22.8 Å². The zero-order valence-electron chi connectivity index (χ0n) is 10.5. The van der Waals surface area contributed by atoms with Gasteiger partial charge in [0.25, 0.3) is 0 Å². The SMILES string of the molecule is CCOCCCNC(=O)N(CC(=O)O)CC(F)(F)F. The summed E-state index contributed by atoms with van der Waals surface area (Å²) >= 11 is 0. The second-order valence-electron chi connectivity index (χ2n) is 3.65. The number of hydrogen-bond donors (Lipinski definition) is 2. The van der Waals surface area contributed by atoms with Crippen molar-refractivity contribution in [1.82, 2.24) is 10.2 Å². The number of carboxylic acids is 1. The molecule has 0 aliphatic heterocycles. The fourth-order valence-corrected chi connectivity index (χ4v) is 1.20. The molecule has 0 unspecified atom stereocenters. The van der Waals surface area contributed by atoms with E-state index in [4.69, 9.17) is 9.84 Å². The van der Waals surface area contributed by atoms with Gasteiger partial charge in [-0.15, -0.1) is 0 Å². The minimum atomic E-state index is -4.64. The Labute approximate surface area is 108 Å². The van der Waals surface area contributed by atoms with Crippen LogP contribution in [0.1, 0.15) is 13.3 Å². The van der Waals surface area contributed by atoms with Crippen molar-refractivity contribution in [2.75, 3.05) is 32.8 Å². The molecule has 9 heteroatoms. The summed E-state index contributed by atoms with van der Waals surface area (Å²) in [6.45, 7) is 0.179. The van der Waals surface area contributed by atoms with Crippen molar-refractivity contribution in [3.8, 4) is 0 Å². The Kier molecular flexibility index (Phi) is 7.89. The van der Waals surface area contributed by atoms with E-state index in [0.717, 1.165) is 0 Å². The molecule has 0 aromatic rings. The highest BCUT2D eigenvalue weighted by Crippen LogP contribution is 2.16. The highest BCUT2D eigenvalue weighted by atomic mass is 19.4. The highest BCUT2D eigenvalue weighted by molar-refractivity contribution is 5.80. The molecule has 112 valence electrons. The van der Waals surface area contributed by atoms with Crippen LogP contribution in [-0.2, 0) is 9.53 Å². The maximum Gasteiger partial charge on any atom is 0.406 e. The van der Waals surface area contributed by atoms with Gasteiger partial charge in [0.15, 0.2) is 0 Å². The molecule has 2 amide bonds. The first kappa shape index (κ1) is 17.5. The van der Waals surface area contributed by atoms with E-state index in [1.165, 1.54) is 0 Å². The zero-order valence-corrected chi connectivity index (χ0v) is 10.5. The number of aliphatic carboxylic acids is 1. The molecule has 0 aromatic carbocycles. The van der Waals surface area contributed by atoms with Crippen LogP contribution in [0, 0.1) is 0 Å². The molecule has 0 radical (unpaired) electrons. The van der Waals surface area contributed by atoms with Crippen molar-refractivity contribution >= 4 is 12.0 Å². The van der Waals surface area contributed by atoms with Gasteiger partial charge in [-0.1, -0.05) is 0 Å². The van der Waals surface area contributed by atoms with Crippen molar-refractivity contribution in [2.45, 2.75) is 19.5 Å². The van der Waals surface area contributed by atoms with Gasteiger partial charge in [-0.25, -0.2) is 4.79 Å². The Morgan fingerprint density at radius 3 is 2.47 bits per heavy atom. The first-order valence-corrected chi connectivity index (χ1v) is 5.65. The Morgan fingerprint density at radius 2 is 2.00 bits per heavy atom. The lowest BCUT2D eigenvalue weighted by Crippen LogP contribution is -2.47. The van der Waals surface area contributed by atoms with Crippen LogP contribution < -0.4 is 5.32 Å². The predicted molar refractivity (Wildman–Crippen MR) is 59.8 cm³/mol. The summed E-state index contributed by atoms with van der Waals surface area (Å²) < 4.78 is 41.5. The summed E-state index contributed by atoms with van der Waals surface area (Å²) in [4.78, 5) is 22.0. The van der Waals surface area contributed by atoms with Gasteiger partial charge in [0, 0.05) is 19.8 Å². The largest absolute Gasteiger partial charge is 0.480 e. The van der Waals surface area contributed by atoms with E-state index < -0.39 is 31.3 Å². The molecule has 0 fully saturated rings. The molecule has 6 nitrogen and oxygen atoms in total. The topological polar surface area (TPSA) is 78.9 Å². The first-order valence-electron chi connectivity index (χ1n) is 5.65. The lowest BCUT2D eigenvalue weighted by molar-refractivity contribution is -0.148. The van der Waals surface area contributed by atoms with Crippen molar-refractivity contribution in [3.63, 3.8) is 0 Å². The summed E-state index contributed by atoms with van der Waals surface area (Å²) in [5.41, 5.74) is 0. The van der Waals surface area contributed by atoms with Crippen LogP contribution in [0.25, 0.3) is 0 Å². The van der Waals surface area contributed by atoms with Gasteiger partial charge >= 0.3 is 18.2 Å². The number of nitrogens with one attached hydrogen (secondary N) is 1. The number of alkyl halides is 3. The fourth-order valence-electron chi connectivity index (χ4n) is 1.20. The molecule has 0 atom stereocenters. The molecule has 0 heterocycles.